The van der Waals surface area contributed by atoms with Gasteiger partial charge >= 0.3 is 0 Å². The molecule has 32 heavy (non-hydrogen) atoms. The smallest absolute Gasteiger partial charge is 0.213 e. The second-order valence-electron chi connectivity index (χ2n) is 8.63. The molecule has 1 saturated carbocycles. The lowest BCUT2D eigenvalue weighted by Gasteiger charge is -2.33. The summed E-state index contributed by atoms with van der Waals surface area (Å²) in [5.41, 5.74) is 2.55. The first kappa shape index (κ1) is 24.8. The molecule has 0 bridgehead atoms. The van der Waals surface area contributed by atoms with Gasteiger partial charge in [-0.25, -0.2) is 4.98 Å². The number of ether oxygens (including phenoxy) is 1. The van der Waals surface area contributed by atoms with E-state index in [1.807, 2.05) is 25.4 Å². The quantitative estimate of drug-likeness (QED) is 0.306. The highest BCUT2D eigenvalue weighted by Gasteiger charge is 2.20. The highest BCUT2D eigenvalue weighted by atomic mass is 127. The number of benzene rings is 1. The van der Waals surface area contributed by atoms with Crippen LogP contribution in [0, 0.1) is 0 Å². The number of guanidine groups is 1. The molecule has 2 N–H and O–H groups in total. The van der Waals surface area contributed by atoms with Crippen LogP contribution in [-0.2, 0) is 13.1 Å². The van der Waals surface area contributed by atoms with Crippen LogP contribution in [0.2, 0.25) is 0 Å². The summed E-state index contributed by atoms with van der Waals surface area (Å²) in [4.78, 5) is 11.3. The Labute approximate surface area is 209 Å². The number of aliphatic imine (C=N–C) groups is 1. The minimum absolute atomic E-state index is 0. The van der Waals surface area contributed by atoms with E-state index in [1.165, 1.54) is 18.4 Å². The summed E-state index contributed by atoms with van der Waals surface area (Å²) in [5, 5.41) is 7.05. The molecule has 7 heteroatoms. The summed E-state index contributed by atoms with van der Waals surface area (Å²) < 4.78 is 6.03. The van der Waals surface area contributed by atoms with Crippen molar-refractivity contribution in [2.75, 3.05) is 20.1 Å². The number of rotatable bonds is 7. The van der Waals surface area contributed by atoms with E-state index in [0.717, 1.165) is 62.7 Å². The Morgan fingerprint density at radius 1 is 1.06 bits per heavy atom. The summed E-state index contributed by atoms with van der Waals surface area (Å²) in [6.45, 7) is 3.95. The molecule has 0 radical (unpaired) electrons. The zero-order chi connectivity index (χ0) is 21.3. The predicted molar refractivity (Wildman–Crippen MR) is 141 cm³/mol. The van der Waals surface area contributed by atoms with Crippen LogP contribution in [0.15, 0.2) is 53.7 Å². The van der Waals surface area contributed by atoms with Crippen LogP contribution in [0.3, 0.4) is 0 Å². The number of likely N-dealkylation sites (tertiary alicyclic amines) is 1. The first-order valence-electron chi connectivity index (χ1n) is 11.6. The Hall–Kier alpha value is -1.87. The average Bonchev–Trinajstić information content (AvgIpc) is 3.32. The predicted octanol–water partition coefficient (Wildman–Crippen LogP) is 4.35. The second kappa shape index (κ2) is 13.0. The van der Waals surface area contributed by atoms with E-state index in [-0.39, 0.29) is 24.0 Å². The lowest BCUT2D eigenvalue weighted by molar-refractivity contribution is 0.198. The number of halogens is 1. The van der Waals surface area contributed by atoms with Gasteiger partial charge in [0, 0.05) is 51.5 Å². The molecule has 0 amide bonds. The van der Waals surface area contributed by atoms with Gasteiger partial charge in [0.25, 0.3) is 0 Å². The summed E-state index contributed by atoms with van der Waals surface area (Å²) in [7, 11) is 1.83. The minimum Gasteiger partial charge on any atom is -0.474 e. The van der Waals surface area contributed by atoms with E-state index in [1.54, 1.807) is 0 Å². The SMILES string of the molecule is CN=C(NCc1ccnc(OC2CCCC2)c1)NC1CCN(Cc2ccccc2)CC1.I. The third-order valence-corrected chi connectivity index (χ3v) is 6.25. The first-order valence-corrected chi connectivity index (χ1v) is 11.6. The number of pyridine rings is 1. The fourth-order valence-electron chi connectivity index (χ4n) is 4.45. The zero-order valence-electron chi connectivity index (χ0n) is 19.0. The molecule has 1 aliphatic carbocycles. The van der Waals surface area contributed by atoms with Crippen LogP contribution in [0.4, 0.5) is 0 Å². The van der Waals surface area contributed by atoms with Crippen LogP contribution in [0.1, 0.15) is 49.7 Å². The van der Waals surface area contributed by atoms with Crippen molar-refractivity contribution in [3.63, 3.8) is 0 Å². The summed E-state index contributed by atoms with van der Waals surface area (Å²) in [6, 6.07) is 15.3. The van der Waals surface area contributed by atoms with E-state index in [0.29, 0.717) is 18.7 Å². The second-order valence-corrected chi connectivity index (χ2v) is 8.63. The Kier molecular flexibility index (Phi) is 10.1. The topological polar surface area (TPSA) is 61.8 Å². The van der Waals surface area contributed by atoms with E-state index in [4.69, 9.17) is 4.74 Å². The highest BCUT2D eigenvalue weighted by Crippen LogP contribution is 2.23. The summed E-state index contributed by atoms with van der Waals surface area (Å²) in [6.07, 6.45) is 9.23. The van der Waals surface area contributed by atoms with Crippen molar-refractivity contribution < 1.29 is 4.74 Å². The van der Waals surface area contributed by atoms with Gasteiger partial charge < -0.3 is 15.4 Å². The maximum absolute atomic E-state index is 6.03. The van der Waals surface area contributed by atoms with Crippen molar-refractivity contribution in [3.8, 4) is 5.88 Å². The van der Waals surface area contributed by atoms with Crippen molar-refractivity contribution in [1.29, 1.82) is 0 Å². The van der Waals surface area contributed by atoms with Gasteiger partial charge in [-0.3, -0.25) is 9.89 Å². The van der Waals surface area contributed by atoms with E-state index in [2.05, 4.69) is 55.8 Å². The van der Waals surface area contributed by atoms with Crippen LogP contribution in [0.25, 0.3) is 0 Å². The van der Waals surface area contributed by atoms with Crippen molar-refractivity contribution in [2.45, 2.75) is 63.8 Å². The van der Waals surface area contributed by atoms with Gasteiger partial charge in [-0.05, 0) is 55.7 Å². The third-order valence-electron chi connectivity index (χ3n) is 6.25. The average molecular weight is 550 g/mol. The van der Waals surface area contributed by atoms with Gasteiger partial charge in [0.2, 0.25) is 5.88 Å². The van der Waals surface area contributed by atoms with Gasteiger partial charge in [0.05, 0.1) is 0 Å². The molecule has 2 fully saturated rings. The molecule has 1 saturated heterocycles. The standard InChI is InChI=1S/C25H35N5O.HI/c1-26-25(28-18-21-11-14-27-24(17-21)31-23-9-5-6-10-23)29-22-12-15-30(16-13-22)19-20-7-3-2-4-8-20;/h2-4,7-8,11,14,17,22-23H,5-6,9-10,12-13,15-16,18-19H2,1H3,(H2,26,28,29);1H. The maximum atomic E-state index is 6.03. The Morgan fingerprint density at radius 2 is 1.81 bits per heavy atom. The van der Waals surface area contributed by atoms with E-state index >= 15 is 0 Å². The molecule has 0 unspecified atom stereocenters. The van der Waals surface area contributed by atoms with Crippen molar-refractivity contribution in [3.05, 3.63) is 59.8 Å². The number of hydrogen-bond acceptors (Lipinski definition) is 4. The van der Waals surface area contributed by atoms with E-state index < -0.39 is 0 Å². The Bertz CT molecular complexity index is 833. The number of aromatic nitrogens is 1. The monoisotopic (exact) mass is 549 g/mol. The van der Waals surface area contributed by atoms with Crippen LogP contribution in [-0.4, -0.2) is 48.1 Å². The minimum atomic E-state index is 0. The van der Waals surface area contributed by atoms with Crippen LogP contribution < -0.4 is 15.4 Å². The molecular weight excluding hydrogens is 513 g/mol. The van der Waals surface area contributed by atoms with Gasteiger partial charge in [0.15, 0.2) is 5.96 Å². The lowest BCUT2D eigenvalue weighted by atomic mass is 10.0. The number of nitrogens with zero attached hydrogens (tertiary/aromatic N) is 3. The van der Waals surface area contributed by atoms with Crippen molar-refractivity contribution in [2.24, 2.45) is 4.99 Å². The van der Waals surface area contributed by atoms with Gasteiger partial charge in [-0.15, -0.1) is 24.0 Å². The molecule has 1 aromatic carbocycles. The fourth-order valence-corrected chi connectivity index (χ4v) is 4.45. The normalized spacial score (nSPS) is 18.2. The van der Waals surface area contributed by atoms with E-state index in [9.17, 15) is 0 Å². The van der Waals surface area contributed by atoms with Gasteiger partial charge in [-0.2, -0.15) is 0 Å². The van der Waals surface area contributed by atoms with Gasteiger partial charge in [0.1, 0.15) is 6.10 Å². The molecule has 6 nitrogen and oxygen atoms in total. The molecule has 1 aliphatic heterocycles. The zero-order valence-corrected chi connectivity index (χ0v) is 21.3. The van der Waals surface area contributed by atoms with Crippen molar-refractivity contribution >= 4 is 29.9 Å². The van der Waals surface area contributed by atoms with Crippen LogP contribution >= 0.6 is 24.0 Å². The highest BCUT2D eigenvalue weighted by molar-refractivity contribution is 14.0. The maximum Gasteiger partial charge on any atom is 0.213 e. The molecule has 2 aromatic rings. The Balaban J connectivity index is 0.00000289. The molecular formula is C25H36IN5O. The number of hydrogen-bond donors (Lipinski definition) is 2. The molecule has 4 rings (SSSR count). The molecule has 2 heterocycles. The fraction of sp³-hybridized carbons (Fsp3) is 0.520. The molecule has 1 aromatic heterocycles. The molecule has 0 atom stereocenters. The van der Waals surface area contributed by atoms with Crippen molar-refractivity contribution in [1.82, 2.24) is 20.5 Å². The molecule has 174 valence electrons. The Morgan fingerprint density at radius 3 is 2.53 bits per heavy atom. The number of nitrogens with one attached hydrogen (secondary N) is 2. The van der Waals surface area contributed by atoms with Gasteiger partial charge in [-0.1, -0.05) is 30.3 Å². The largest absolute Gasteiger partial charge is 0.474 e. The lowest BCUT2D eigenvalue weighted by Crippen LogP contribution is -2.48. The van der Waals surface area contributed by atoms with Crippen LogP contribution in [0.5, 0.6) is 5.88 Å². The third kappa shape index (κ3) is 7.62. The summed E-state index contributed by atoms with van der Waals surface area (Å²) in [5.74, 6) is 1.59. The summed E-state index contributed by atoms with van der Waals surface area (Å²) >= 11 is 0. The number of piperidine rings is 1. The molecule has 0 spiro atoms. The first-order chi connectivity index (χ1) is 15.3. The molecule has 2 aliphatic rings.